The minimum Gasteiger partial charge on any atom is -0.493 e. The van der Waals surface area contributed by atoms with Crippen LogP contribution in [0.3, 0.4) is 0 Å². The zero-order valence-electron chi connectivity index (χ0n) is 15.9. The zero-order valence-corrected chi connectivity index (χ0v) is 19.0. The van der Waals surface area contributed by atoms with Crippen molar-refractivity contribution in [2.75, 3.05) is 12.4 Å². The third kappa shape index (κ3) is 5.15. The van der Waals surface area contributed by atoms with Crippen LogP contribution in [0.15, 0.2) is 71.9 Å². The number of hydrogen-bond donors (Lipinski definition) is 0. The first-order valence-electron chi connectivity index (χ1n) is 9.20. The molecule has 0 bridgehead atoms. The number of para-hydroxylation sites is 1. The van der Waals surface area contributed by atoms with Gasteiger partial charge in [0.2, 0.25) is 0 Å². The summed E-state index contributed by atoms with van der Waals surface area (Å²) in [5.41, 5.74) is 1.26. The Hall–Kier alpha value is -2.25. The standard InChI is InChI=1S/C22H15Cl3FN3OS/c23-14-6-8-17(18(24)12-14)21-27-28-22(29(21)15-7-9-20(26)19(25)13-15)31-11-10-30-16-4-2-1-3-5-16/h1-9,12-13H,10-11H2. The lowest BCUT2D eigenvalue weighted by Crippen LogP contribution is -2.04. The third-order valence-electron chi connectivity index (χ3n) is 4.29. The van der Waals surface area contributed by atoms with Gasteiger partial charge in [-0.1, -0.05) is 64.8 Å². The van der Waals surface area contributed by atoms with E-state index in [4.69, 9.17) is 39.5 Å². The molecule has 9 heteroatoms. The Morgan fingerprint density at radius 2 is 1.71 bits per heavy atom. The van der Waals surface area contributed by atoms with Crippen molar-refractivity contribution in [3.63, 3.8) is 0 Å². The van der Waals surface area contributed by atoms with E-state index in [1.807, 2.05) is 30.3 Å². The average Bonchev–Trinajstić information content (AvgIpc) is 3.17. The summed E-state index contributed by atoms with van der Waals surface area (Å²) < 4.78 is 21.3. The molecule has 0 saturated carbocycles. The Bertz CT molecular complexity index is 1200. The first-order chi connectivity index (χ1) is 15.0. The van der Waals surface area contributed by atoms with Crippen LogP contribution >= 0.6 is 46.6 Å². The molecule has 0 saturated heterocycles. The molecule has 0 spiro atoms. The minimum absolute atomic E-state index is 0.00251. The Kier molecular flexibility index (Phi) is 7.02. The lowest BCUT2D eigenvalue weighted by Gasteiger charge is -2.12. The van der Waals surface area contributed by atoms with Crippen LogP contribution in [0, 0.1) is 5.82 Å². The number of nitrogens with zero attached hydrogens (tertiary/aromatic N) is 3. The molecule has 1 heterocycles. The van der Waals surface area contributed by atoms with Gasteiger partial charge in [0.05, 0.1) is 22.3 Å². The minimum atomic E-state index is -0.505. The smallest absolute Gasteiger partial charge is 0.196 e. The van der Waals surface area contributed by atoms with Crippen LogP contribution in [0.5, 0.6) is 5.75 Å². The number of thioether (sulfide) groups is 1. The number of benzene rings is 3. The normalized spacial score (nSPS) is 11.0. The van der Waals surface area contributed by atoms with Gasteiger partial charge in [-0.3, -0.25) is 4.57 Å². The number of aromatic nitrogens is 3. The molecule has 3 aromatic carbocycles. The largest absolute Gasteiger partial charge is 0.493 e. The fourth-order valence-electron chi connectivity index (χ4n) is 2.87. The van der Waals surface area contributed by atoms with Crippen molar-refractivity contribution in [1.29, 1.82) is 0 Å². The van der Waals surface area contributed by atoms with Gasteiger partial charge < -0.3 is 4.74 Å². The van der Waals surface area contributed by atoms with E-state index in [2.05, 4.69) is 10.2 Å². The van der Waals surface area contributed by atoms with Gasteiger partial charge in [-0.15, -0.1) is 10.2 Å². The van der Waals surface area contributed by atoms with E-state index in [0.717, 1.165) is 5.75 Å². The third-order valence-corrected chi connectivity index (χ3v) is 6.02. The van der Waals surface area contributed by atoms with E-state index in [1.165, 1.54) is 23.9 Å². The molecule has 0 aliphatic carbocycles. The van der Waals surface area contributed by atoms with E-state index >= 15 is 0 Å². The summed E-state index contributed by atoms with van der Waals surface area (Å²) >= 11 is 19.9. The second-order valence-electron chi connectivity index (χ2n) is 6.37. The fourth-order valence-corrected chi connectivity index (χ4v) is 4.31. The van der Waals surface area contributed by atoms with Crippen molar-refractivity contribution in [1.82, 2.24) is 14.8 Å². The number of ether oxygens (including phenoxy) is 1. The highest BCUT2D eigenvalue weighted by Gasteiger charge is 2.19. The van der Waals surface area contributed by atoms with Crippen LogP contribution < -0.4 is 4.74 Å². The molecule has 0 fully saturated rings. The Balaban J connectivity index is 1.64. The molecule has 0 N–H and O–H groups in total. The topological polar surface area (TPSA) is 39.9 Å². The van der Waals surface area contributed by atoms with Crippen molar-refractivity contribution < 1.29 is 9.13 Å². The predicted molar refractivity (Wildman–Crippen MR) is 124 cm³/mol. The summed E-state index contributed by atoms with van der Waals surface area (Å²) in [6, 6.07) is 19.1. The van der Waals surface area contributed by atoms with E-state index < -0.39 is 5.82 Å². The number of rotatable bonds is 7. The molecule has 31 heavy (non-hydrogen) atoms. The van der Waals surface area contributed by atoms with Gasteiger partial charge in [-0.05, 0) is 48.5 Å². The summed E-state index contributed by atoms with van der Waals surface area (Å²) in [6.07, 6.45) is 0. The Morgan fingerprint density at radius 3 is 2.45 bits per heavy atom. The zero-order chi connectivity index (χ0) is 21.8. The van der Waals surface area contributed by atoms with Crippen LogP contribution in [-0.2, 0) is 0 Å². The molecule has 1 aromatic heterocycles. The average molecular weight is 495 g/mol. The molecule has 158 valence electrons. The van der Waals surface area contributed by atoms with Gasteiger partial charge in [0.25, 0.3) is 0 Å². The van der Waals surface area contributed by atoms with Crippen LogP contribution in [0.25, 0.3) is 17.1 Å². The van der Waals surface area contributed by atoms with Crippen molar-refractivity contribution >= 4 is 46.6 Å². The predicted octanol–water partition coefficient (Wildman–Crippen LogP) is 7.20. The van der Waals surface area contributed by atoms with Gasteiger partial charge in [0, 0.05) is 16.3 Å². The highest BCUT2D eigenvalue weighted by Crippen LogP contribution is 2.34. The van der Waals surface area contributed by atoms with Crippen LogP contribution in [-0.4, -0.2) is 27.1 Å². The van der Waals surface area contributed by atoms with Crippen molar-refractivity contribution in [3.8, 4) is 22.8 Å². The van der Waals surface area contributed by atoms with Crippen LogP contribution in [0.2, 0.25) is 15.1 Å². The molecule has 0 aliphatic rings. The Morgan fingerprint density at radius 1 is 0.903 bits per heavy atom. The van der Waals surface area contributed by atoms with Gasteiger partial charge in [0.15, 0.2) is 11.0 Å². The molecule has 0 amide bonds. The van der Waals surface area contributed by atoms with E-state index in [9.17, 15) is 4.39 Å². The summed E-state index contributed by atoms with van der Waals surface area (Å²) in [5, 5.41) is 10.2. The van der Waals surface area contributed by atoms with Gasteiger partial charge >= 0.3 is 0 Å². The quantitative estimate of drug-likeness (QED) is 0.201. The maximum atomic E-state index is 13.8. The van der Waals surface area contributed by atoms with Crippen molar-refractivity contribution in [2.24, 2.45) is 0 Å². The molecule has 0 atom stereocenters. The molecular formula is C22H15Cl3FN3OS. The second kappa shape index (κ2) is 9.92. The summed E-state index contributed by atoms with van der Waals surface area (Å²) in [4.78, 5) is 0. The first kappa shape index (κ1) is 22.0. The van der Waals surface area contributed by atoms with Crippen LogP contribution in [0.4, 0.5) is 4.39 Å². The maximum Gasteiger partial charge on any atom is 0.196 e. The second-order valence-corrected chi connectivity index (χ2v) is 8.69. The molecule has 0 unspecified atom stereocenters. The molecule has 0 aliphatic heterocycles. The molecule has 4 nitrogen and oxygen atoms in total. The fraction of sp³-hybridized carbons (Fsp3) is 0.0909. The summed E-state index contributed by atoms with van der Waals surface area (Å²) in [7, 11) is 0. The van der Waals surface area contributed by atoms with Gasteiger partial charge in [0.1, 0.15) is 11.6 Å². The van der Waals surface area contributed by atoms with E-state index in [1.54, 1.807) is 28.8 Å². The monoisotopic (exact) mass is 493 g/mol. The molecule has 4 aromatic rings. The highest BCUT2D eigenvalue weighted by molar-refractivity contribution is 7.99. The van der Waals surface area contributed by atoms with Crippen LogP contribution in [0.1, 0.15) is 0 Å². The molecule has 0 radical (unpaired) electrons. The lowest BCUT2D eigenvalue weighted by molar-refractivity contribution is 0.344. The SMILES string of the molecule is Fc1ccc(-n2c(SCCOc3ccccc3)nnc2-c2ccc(Cl)cc2Cl)cc1Cl. The van der Waals surface area contributed by atoms with E-state index in [-0.39, 0.29) is 5.02 Å². The molecular weight excluding hydrogens is 480 g/mol. The number of hydrogen-bond acceptors (Lipinski definition) is 4. The Labute approximate surface area is 197 Å². The van der Waals surface area contributed by atoms with Crippen molar-refractivity contribution in [3.05, 3.63) is 87.6 Å². The maximum absolute atomic E-state index is 13.8. The molecule has 4 rings (SSSR count). The van der Waals surface area contributed by atoms with Gasteiger partial charge in [-0.25, -0.2) is 4.39 Å². The number of halogens is 4. The van der Waals surface area contributed by atoms with Crippen molar-refractivity contribution in [2.45, 2.75) is 5.16 Å². The highest BCUT2D eigenvalue weighted by atomic mass is 35.5. The summed E-state index contributed by atoms with van der Waals surface area (Å²) in [6.45, 7) is 0.475. The van der Waals surface area contributed by atoms with Gasteiger partial charge in [-0.2, -0.15) is 0 Å². The first-order valence-corrected chi connectivity index (χ1v) is 11.3. The summed E-state index contributed by atoms with van der Waals surface area (Å²) in [5.74, 6) is 1.41. The van der Waals surface area contributed by atoms with E-state index in [0.29, 0.717) is 44.6 Å². The lowest BCUT2D eigenvalue weighted by atomic mass is 10.2.